The van der Waals surface area contributed by atoms with Crippen LogP contribution in [0.5, 0.6) is 0 Å². The second-order valence-corrected chi connectivity index (χ2v) is 24.8. The van der Waals surface area contributed by atoms with Crippen molar-refractivity contribution in [2.75, 3.05) is 58.6 Å². The summed E-state index contributed by atoms with van der Waals surface area (Å²) < 4.78 is 0. The third-order valence-corrected chi connectivity index (χ3v) is 20.7. The van der Waals surface area contributed by atoms with Crippen molar-refractivity contribution in [2.45, 2.75) is 244 Å². The van der Waals surface area contributed by atoms with E-state index in [2.05, 4.69) is 162 Å². The molecule has 14 unspecified atom stereocenters. The van der Waals surface area contributed by atoms with Crippen LogP contribution in [-0.2, 0) is 12.8 Å². The predicted molar refractivity (Wildman–Crippen MR) is 296 cm³/mol. The number of para-hydroxylation sites is 2. The first kappa shape index (κ1) is 53.7. The molecule has 0 spiro atoms. The number of likely N-dealkylation sites (N-methyl/N-ethyl adjacent to an activating group) is 1. The summed E-state index contributed by atoms with van der Waals surface area (Å²) in [6.07, 6.45) is 33.3. The molecule has 384 valence electrons. The quantitative estimate of drug-likeness (QED) is 0.260. The van der Waals surface area contributed by atoms with Crippen LogP contribution in [0.4, 0.5) is 11.4 Å². The molecule has 8 fully saturated rings. The molecule has 0 amide bonds. The Bertz CT molecular complexity index is 1760. The summed E-state index contributed by atoms with van der Waals surface area (Å²) in [5.74, 6) is 5.26. The number of benzene rings is 2. The molecule has 10 aliphatic rings. The third-order valence-electron chi connectivity index (χ3n) is 20.7. The standard InChI is InChI=1S/2C11H21N.C11H15N.C10H19N.C10H13N.C9H17N/c1-9-7-10-5-3-4-6-11(10)8-12(9)2;2*1-9-7-8-10-5-3-4-6-11(10)12(9)2;2*1-8-7-9-5-3-4-6-10(9)11(8)2;1-7-6-8-4-3-5-9(8)10(7)2/h2*9-11H,3-8H2,1-2H3;3-6,9H,7-8H2,1-2H3;8-10H,3-7H2,1-2H3;3-6,8H,7H2,1-2H3;7-9H,3-6H2,1-2H3. The van der Waals surface area contributed by atoms with Crippen molar-refractivity contribution < 1.29 is 0 Å². The van der Waals surface area contributed by atoms with Gasteiger partial charge in [0.15, 0.2) is 0 Å². The average Bonchev–Trinajstić information content (AvgIpc) is 4.09. The van der Waals surface area contributed by atoms with Crippen LogP contribution >= 0.6 is 0 Å². The van der Waals surface area contributed by atoms with E-state index in [-0.39, 0.29) is 0 Å². The highest BCUT2D eigenvalue weighted by Crippen LogP contribution is 2.41. The van der Waals surface area contributed by atoms with Crippen molar-refractivity contribution in [3.8, 4) is 0 Å². The van der Waals surface area contributed by atoms with Crippen molar-refractivity contribution in [1.29, 1.82) is 0 Å². The van der Waals surface area contributed by atoms with Gasteiger partial charge in [0.1, 0.15) is 0 Å². The van der Waals surface area contributed by atoms with Gasteiger partial charge < -0.3 is 29.4 Å². The Morgan fingerprint density at radius 1 is 0.353 bits per heavy atom. The molecule has 0 N–H and O–H groups in total. The molecule has 12 rings (SSSR count). The van der Waals surface area contributed by atoms with Crippen molar-refractivity contribution in [2.24, 2.45) is 29.6 Å². The van der Waals surface area contributed by atoms with Crippen LogP contribution in [0.15, 0.2) is 48.5 Å². The molecule has 2 aromatic carbocycles. The minimum absolute atomic E-state index is 0.674. The maximum absolute atomic E-state index is 2.63. The molecular weight excluding hydrogens is 829 g/mol. The van der Waals surface area contributed by atoms with Crippen molar-refractivity contribution in [3.63, 3.8) is 0 Å². The Kier molecular flexibility index (Phi) is 20.1. The Labute approximate surface area is 420 Å². The van der Waals surface area contributed by atoms with E-state index in [0.29, 0.717) is 12.1 Å². The first-order chi connectivity index (χ1) is 32.7. The molecule has 14 atom stereocenters. The van der Waals surface area contributed by atoms with Crippen LogP contribution in [0.1, 0.15) is 188 Å². The van der Waals surface area contributed by atoms with Gasteiger partial charge in [0.2, 0.25) is 0 Å². The zero-order valence-corrected chi connectivity index (χ0v) is 46.4. The maximum atomic E-state index is 2.63. The highest BCUT2D eigenvalue weighted by atomic mass is 15.2. The maximum Gasteiger partial charge on any atom is 0.0399 e. The van der Waals surface area contributed by atoms with Gasteiger partial charge in [0.05, 0.1) is 0 Å². The van der Waals surface area contributed by atoms with E-state index < -0.39 is 0 Å². The van der Waals surface area contributed by atoms with Crippen LogP contribution in [0.2, 0.25) is 0 Å². The number of likely N-dealkylation sites (tertiary alicyclic amines) is 4. The average molecular weight is 936 g/mol. The van der Waals surface area contributed by atoms with E-state index in [1.807, 2.05) is 0 Å². The highest BCUT2D eigenvalue weighted by Gasteiger charge is 2.40. The molecule has 0 aromatic heterocycles. The van der Waals surface area contributed by atoms with Crippen LogP contribution in [0, 0.1) is 29.6 Å². The number of fused-ring (bicyclic) bond motifs is 6. The monoisotopic (exact) mass is 935 g/mol. The van der Waals surface area contributed by atoms with Gasteiger partial charge in [0, 0.05) is 86.4 Å². The summed E-state index contributed by atoms with van der Waals surface area (Å²) in [6.45, 7) is 15.4. The topological polar surface area (TPSA) is 19.4 Å². The summed E-state index contributed by atoms with van der Waals surface area (Å²) in [6, 6.07) is 24.9. The number of anilines is 2. The molecule has 4 saturated heterocycles. The Hall–Kier alpha value is -2.12. The van der Waals surface area contributed by atoms with Gasteiger partial charge in [-0.1, -0.05) is 87.8 Å². The fourth-order valence-corrected chi connectivity index (χ4v) is 15.3. The van der Waals surface area contributed by atoms with Crippen LogP contribution < -0.4 is 9.80 Å². The number of rotatable bonds is 0. The predicted octanol–water partition coefficient (Wildman–Crippen LogP) is 13.8. The summed E-state index contributed by atoms with van der Waals surface area (Å²) >= 11 is 0. The molecule has 4 aliphatic carbocycles. The largest absolute Gasteiger partial charge is 0.372 e. The number of nitrogens with zero attached hydrogens (tertiary/aromatic N) is 6. The first-order valence-electron chi connectivity index (χ1n) is 29.2. The van der Waals surface area contributed by atoms with Gasteiger partial charge in [-0.15, -0.1) is 0 Å². The number of hydrogen-bond acceptors (Lipinski definition) is 6. The van der Waals surface area contributed by atoms with Gasteiger partial charge >= 0.3 is 0 Å². The lowest BCUT2D eigenvalue weighted by Gasteiger charge is -2.45. The summed E-state index contributed by atoms with van der Waals surface area (Å²) in [5.41, 5.74) is 5.80. The Morgan fingerprint density at radius 3 is 1.40 bits per heavy atom. The van der Waals surface area contributed by atoms with E-state index in [1.54, 1.807) is 0 Å². The second-order valence-electron chi connectivity index (χ2n) is 24.8. The van der Waals surface area contributed by atoms with Crippen molar-refractivity contribution >= 4 is 11.4 Å². The SMILES string of the molecule is CC1CC2CCCC2N1C.CC1CC2CCCCC2CN1C.CC1CC2CCCCC2N1C.CC1CCC2CCCCC2N1C.CC1CCc2ccccc2N1C.CC1Cc2ccccc2N1C. The Balaban J connectivity index is 0.000000121. The van der Waals surface area contributed by atoms with E-state index in [0.717, 1.165) is 71.9 Å². The molecule has 6 nitrogen and oxygen atoms in total. The van der Waals surface area contributed by atoms with Gasteiger partial charge in [0.25, 0.3) is 0 Å². The lowest BCUT2D eigenvalue weighted by molar-refractivity contribution is 0.0447. The van der Waals surface area contributed by atoms with Crippen molar-refractivity contribution in [1.82, 2.24) is 19.6 Å². The van der Waals surface area contributed by atoms with Crippen molar-refractivity contribution in [3.05, 3.63) is 59.7 Å². The molecule has 4 saturated carbocycles. The van der Waals surface area contributed by atoms with E-state index in [9.17, 15) is 0 Å². The van der Waals surface area contributed by atoms with Gasteiger partial charge in [-0.05, 0) is 219 Å². The zero-order chi connectivity index (χ0) is 48.5. The molecule has 0 bridgehead atoms. The molecule has 0 radical (unpaired) electrons. The summed E-state index contributed by atoms with van der Waals surface area (Å²) in [7, 11) is 13.6. The van der Waals surface area contributed by atoms with Crippen LogP contribution in [-0.4, -0.2) is 123 Å². The number of hydrogen-bond donors (Lipinski definition) is 0. The van der Waals surface area contributed by atoms with Gasteiger partial charge in [-0.3, -0.25) is 0 Å². The minimum Gasteiger partial charge on any atom is -0.372 e. The smallest absolute Gasteiger partial charge is 0.0399 e. The van der Waals surface area contributed by atoms with Crippen LogP contribution in [0.3, 0.4) is 0 Å². The Morgan fingerprint density at radius 2 is 0.794 bits per heavy atom. The molecule has 6 heteroatoms. The second kappa shape index (κ2) is 25.5. The van der Waals surface area contributed by atoms with Crippen LogP contribution in [0.25, 0.3) is 0 Å². The molecule has 2 aromatic rings. The molecule has 6 aliphatic heterocycles. The lowest BCUT2D eigenvalue weighted by Crippen LogP contribution is -2.48. The molecule has 6 heterocycles. The minimum atomic E-state index is 0.674. The van der Waals surface area contributed by atoms with E-state index in [4.69, 9.17) is 0 Å². The van der Waals surface area contributed by atoms with Gasteiger partial charge in [-0.2, -0.15) is 0 Å². The normalized spacial score (nSPS) is 37.5. The van der Waals surface area contributed by atoms with E-state index >= 15 is 0 Å². The van der Waals surface area contributed by atoms with Gasteiger partial charge in [-0.25, -0.2) is 0 Å². The first-order valence-corrected chi connectivity index (χ1v) is 29.2. The zero-order valence-electron chi connectivity index (χ0n) is 46.4. The fourth-order valence-electron chi connectivity index (χ4n) is 15.3. The number of piperidine rings is 2. The molecular formula is C62H106N6. The fraction of sp³-hybridized carbons (Fsp3) is 0.806. The highest BCUT2D eigenvalue weighted by molar-refractivity contribution is 5.58. The third kappa shape index (κ3) is 13.5. The molecule has 68 heavy (non-hydrogen) atoms. The summed E-state index contributed by atoms with van der Waals surface area (Å²) in [5, 5.41) is 0. The van der Waals surface area contributed by atoms with E-state index in [1.165, 1.54) is 177 Å². The summed E-state index contributed by atoms with van der Waals surface area (Å²) in [4.78, 5) is 15.1. The lowest BCUT2D eigenvalue weighted by atomic mass is 9.73. The number of aryl methyl sites for hydroxylation is 1.